The molecule has 1 aromatic heterocycles. The maximum absolute atomic E-state index is 12.0. The van der Waals surface area contributed by atoms with Crippen LogP contribution in [0.4, 0.5) is 4.79 Å². The van der Waals surface area contributed by atoms with Gasteiger partial charge >= 0.3 is 6.16 Å². The van der Waals surface area contributed by atoms with Crippen molar-refractivity contribution >= 4 is 23.5 Å². The molecule has 7 nitrogen and oxygen atoms in total. The number of hydrogen-bond donors (Lipinski definition) is 0. The molecular formula is C22H38N3O4S+. The van der Waals surface area contributed by atoms with Gasteiger partial charge in [0.2, 0.25) is 6.23 Å². The van der Waals surface area contributed by atoms with E-state index >= 15 is 0 Å². The average Bonchev–Trinajstić information content (AvgIpc) is 3.20. The zero-order valence-corrected chi connectivity index (χ0v) is 19.8. The van der Waals surface area contributed by atoms with Gasteiger partial charge in [0.05, 0.1) is 38.5 Å². The molecule has 0 radical (unpaired) electrons. The molecule has 0 amide bonds. The largest absolute Gasteiger partial charge is 0.512 e. The molecule has 1 aliphatic heterocycles. The van der Waals surface area contributed by atoms with E-state index < -0.39 is 6.16 Å². The predicted molar refractivity (Wildman–Crippen MR) is 119 cm³/mol. The Morgan fingerprint density at radius 2 is 1.87 bits per heavy atom. The highest BCUT2D eigenvalue weighted by molar-refractivity contribution is 6.99. The molecule has 0 aliphatic carbocycles. The van der Waals surface area contributed by atoms with Gasteiger partial charge in [-0.15, -0.1) is 4.37 Å². The van der Waals surface area contributed by atoms with Gasteiger partial charge < -0.3 is 14.2 Å². The number of ether oxygens (including phenoxy) is 3. The molecule has 30 heavy (non-hydrogen) atoms. The van der Waals surface area contributed by atoms with Crippen molar-refractivity contribution in [1.29, 1.82) is 0 Å². The Morgan fingerprint density at radius 1 is 1.13 bits per heavy atom. The molecule has 170 valence electrons. The summed E-state index contributed by atoms with van der Waals surface area (Å²) in [5, 5.41) is 0. The minimum Gasteiger partial charge on any atom is -0.475 e. The number of quaternary nitrogens is 1. The van der Waals surface area contributed by atoms with Crippen molar-refractivity contribution in [3.05, 3.63) is 11.8 Å². The molecule has 0 fully saturated rings. The summed E-state index contributed by atoms with van der Waals surface area (Å²) < 4.78 is 26.2. The molecule has 0 aromatic carbocycles. The van der Waals surface area contributed by atoms with E-state index in [1.807, 2.05) is 6.92 Å². The highest BCUT2D eigenvalue weighted by Gasteiger charge is 2.37. The number of nitrogens with zero attached hydrogens (tertiary/aromatic N) is 3. The zero-order chi connectivity index (χ0) is 21.8. The minimum absolute atomic E-state index is 0.308. The Kier molecular flexibility index (Phi) is 10.6. The van der Waals surface area contributed by atoms with Gasteiger partial charge in [-0.3, -0.25) is 4.48 Å². The molecular weight excluding hydrogens is 402 g/mol. The number of likely N-dealkylation sites (N-methyl/N-ethyl adjacent to an activating group) is 1. The molecule has 0 spiro atoms. The Hall–Kier alpha value is -1.67. The maximum Gasteiger partial charge on any atom is 0.512 e. The second kappa shape index (κ2) is 12.9. The fourth-order valence-electron chi connectivity index (χ4n) is 3.53. The van der Waals surface area contributed by atoms with E-state index in [1.165, 1.54) is 31.0 Å². The van der Waals surface area contributed by atoms with Crippen LogP contribution in [-0.2, 0) is 9.47 Å². The van der Waals surface area contributed by atoms with Crippen molar-refractivity contribution in [2.75, 3.05) is 33.4 Å². The van der Waals surface area contributed by atoms with E-state index in [4.69, 9.17) is 14.2 Å². The van der Waals surface area contributed by atoms with Crippen LogP contribution in [0.25, 0.3) is 5.57 Å². The molecule has 2 heterocycles. The van der Waals surface area contributed by atoms with Crippen LogP contribution < -0.4 is 4.74 Å². The third-order valence-corrected chi connectivity index (χ3v) is 6.19. The number of aromatic nitrogens is 2. The Balaban J connectivity index is 1.90. The lowest BCUT2D eigenvalue weighted by atomic mass is 10.0. The highest BCUT2D eigenvalue weighted by Crippen LogP contribution is 2.31. The number of unbranched alkanes of at least 4 members (excludes halogenated alkanes) is 5. The summed E-state index contributed by atoms with van der Waals surface area (Å²) in [7, 11) is 2.10. The number of carbonyl (C=O) groups is 1. The smallest absolute Gasteiger partial charge is 0.475 e. The second-order valence-electron chi connectivity index (χ2n) is 8.23. The van der Waals surface area contributed by atoms with Crippen molar-refractivity contribution in [2.45, 2.75) is 78.4 Å². The lowest BCUT2D eigenvalue weighted by molar-refractivity contribution is -0.944. The third-order valence-electron chi connectivity index (χ3n) is 5.67. The first kappa shape index (κ1) is 24.6. The minimum atomic E-state index is -0.583. The first-order valence-corrected chi connectivity index (χ1v) is 12.1. The van der Waals surface area contributed by atoms with Crippen molar-refractivity contribution in [1.82, 2.24) is 8.75 Å². The average molecular weight is 441 g/mol. The monoisotopic (exact) mass is 440 g/mol. The summed E-state index contributed by atoms with van der Waals surface area (Å²) in [4.78, 5) is 12.0. The van der Waals surface area contributed by atoms with Crippen molar-refractivity contribution in [2.24, 2.45) is 0 Å². The van der Waals surface area contributed by atoms with Crippen molar-refractivity contribution in [3.63, 3.8) is 0 Å². The van der Waals surface area contributed by atoms with Gasteiger partial charge in [-0.25, -0.2) is 4.79 Å². The van der Waals surface area contributed by atoms with Crippen LogP contribution in [-0.4, -0.2) is 59.0 Å². The van der Waals surface area contributed by atoms with E-state index in [2.05, 4.69) is 35.7 Å². The van der Waals surface area contributed by atoms with Crippen LogP contribution in [0.2, 0.25) is 0 Å². The topological polar surface area (TPSA) is 70.5 Å². The number of carbonyl (C=O) groups excluding carboxylic acids is 1. The first-order chi connectivity index (χ1) is 14.5. The van der Waals surface area contributed by atoms with Crippen LogP contribution in [0.15, 0.2) is 6.08 Å². The molecule has 2 rings (SSSR count). The molecule has 1 aliphatic rings. The number of hydrogen-bond acceptors (Lipinski definition) is 7. The van der Waals surface area contributed by atoms with Gasteiger partial charge in [0.25, 0.3) is 5.88 Å². The zero-order valence-electron chi connectivity index (χ0n) is 19.0. The Labute approximate surface area is 185 Å². The molecule has 1 aromatic rings. The van der Waals surface area contributed by atoms with E-state index in [0.717, 1.165) is 49.9 Å². The van der Waals surface area contributed by atoms with Crippen LogP contribution in [0.5, 0.6) is 5.88 Å². The summed E-state index contributed by atoms with van der Waals surface area (Å²) in [5.41, 5.74) is 1.93. The molecule has 8 heteroatoms. The first-order valence-electron chi connectivity index (χ1n) is 11.3. The third kappa shape index (κ3) is 7.54. The van der Waals surface area contributed by atoms with Gasteiger partial charge in [0, 0.05) is 18.9 Å². The lowest BCUT2D eigenvalue weighted by Crippen LogP contribution is -2.55. The molecule has 2 atom stereocenters. The van der Waals surface area contributed by atoms with Crippen molar-refractivity contribution in [3.8, 4) is 5.88 Å². The van der Waals surface area contributed by atoms with E-state index in [1.54, 1.807) is 0 Å². The molecule has 1 unspecified atom stereocenters. The molecule has 0 saturated heterocycles. The van der Waals surface area contributed by atoms with Gasteiger partial charge in [-0.2, -0.15) is 4.37 Å². The fraction of sp³-hybridized carbons (Fsp3) is 0.773. The Bertz CT molecular complexity index is 679. The van der Waals surface area contributed by atoms with Crippen LogP contribution in [0.1, 0.15) is 77.8 Å². The van der Waals surface area contributed by atoms with Gasteiger partial charge in [-0.1, -0.05) is 52.0 Å². The lowest BCUT2D eigenvalue weighted by Gasteiger charge is -2.41. The number of rotatable bonds is 13. The SMILES string of the molecule is CCCCCCOc1nsnc1C1=CCC[N+](C)([C@@H](C)OC(=O)OCCCCC)C1. The normalized spacial score (nSPS) is 19.8. The maximum atomic E-state index is 12.0. The predicted octanol–water partition coefficient (Wildman–Crippen LogP) is 5.42. The molecule has 0 bridgehead atoms. The molecule has 0 saturated carbocycles. The standard InChI is InChI=1S/C22H38N3O4S/c1-5-7-9-11-15-27-21-20(23-30-24-21)19-13-12-14-25(4,17-19)18(3)29-22(26)28-16-10-8-6-2/h13,18H,5-12,14-17H2,1-4H3/q+1/t18-,25?/m1/s1. The van der Waals surface area contributed by atoms with Crippen LogP contribution in [0.3, 0.4) is 0 Å². The van der Waals surface area contributed by atoms with Gasteiger partial charge in [0.15, 0.2) is 0 Å². The van der Waals surface area contributed by atoms with Gasteiger partial charge in [0.1, 0.15) is 12.2 Å². The van der Waals surface area contributed by atoms with Crippen molar-refractivity contribution < 1.29 is 23.5 Å². The quantitative estimate of drug-likeness (QED) is 0.232. The molecule has 0 N–H and O–H groups in total. The summed E-state index contributed by atoms with van der Waals surface area (Å²) in [6.07, 6.45) is 9.85. The second-order valence-corrected chi connectivity index (χ2v) is 8.76. The van der Waals surface area contributed by atoms with E-state index in [0.29, 0.717) is 30.1 Å². The summed E-state index contributed by atoms with van der Waals surface area (Å²) >= 11 is 1.18. The fourth-order valence-corrected chi connectivity index (χ4v) is 4.06. The van der Waals surface area contributed by atoms with Gasteiger partial charge in [-0.05, 0) is 12.8 Å². The summed E-state index contributed by atoms with van der Waals surface area (Å²) in [6.45, 7) is 8.93. The van der Waals surface area contributed by atoms with Crippen LogP contribution >= 0.6 is 11.7 Å². The summed E-state index contributed by atoms with van der Waals surface area (Å²) in [5.74, 6) is 0.625. The Morgan fingerprint density at radius 3 is 2.63 bits per heavy atom. The van der Waals surface area contributed by atoms with E-state index in [-0.39, 0.29) is 6.23 Å². The summed E-state index contributed by atoms with van der Waals surface area (Å²) in [6, 6.07) is 0. The van der Waals surface area contributed by atoms with Crippen LogP contribution in [0, 0.1) is 0 Å². The van der Waals surface area contributed by atoms with E-state index in [9.17, 15) is 4.79 Å². The highest BCUT2D eigenvalue weighted by atomic mass is 32.1.